The largest absolute Gasteiger partial charge is 0.495 e. The van der Waals surface area contributed by atoms with Gasteiger partial charge in [-0.2, -0.15) is 0 Å². The summed E-state index contributed by atoms with van der Waals surface area (Å²) in [7, 11) is 1.64. The summed E-state index contributed by atoms with van der Waals surface area (Å²) in [4.78, 5) is 32.0. The summed E-state index contributed by atoms with van der Waals surface area (Å²) >= 11 is 5.72. The maximum atomic E-state index is 13.8. The van der Waals surface area contributed by atoms with Gasteiger partial charge in [-0.1, -0.05) is 17.4 Å². The third-order valence-corrected chi connectivity index (χ3v) is 8.34. The summed E-state index contributed by atoms with van der Waals surface area (Å²) < 4.78 is 25.8. The van der Waals surface area contributed by atoms with Crippen LogP contribution in [0.4, 0.5) is 0 Å². The number of rotatable bonds is 5. The molecule has 0 saturated carbocycles. The SMILES string of the molecule is CCOC(=O)C1=C(C)N=c2s/c(=C/c3cc(I)c(OC)c(I)c3)c(=O)n2[C@H]1c1ccc2c(c1)OCO2. The van der Waals surface area contributed by atoms with Crippen molar-refractivity contribution in [2.24, 2.45) is 4.99 Å². The predicted molar refractivity (Wildman–Crippen MR) is 151 cm³/mol. The molecule has 0 fully saturated rings. The highest BCUT2D eigenvalue weighted by atomic mass is 127. The van der Waals surface area contributed by atoms with Gasteiger partial charge in [0.05, 0.1) is 42.7 Å². The van der Waals surface area contributed by atoms with Crippen LogP contribution in [-0.4, -0.2) is 31.0 Å². The predicted octanol–water partition coefficient (Wildman–Crippen LogP) is 3.74. The molecule has 8 nitrogen and oxygen atoms in total. The normalized spacial score (nSPS) is 16.6. The van der Waals surface area contributed by atoms with Crippen LogP contribution in [0, 0.1) is 7.14 Å². The number of fused-ring (bicyclic) bond motifs is 2. The van der Waals surface area contributed by atoms with Gasteiger partial charge in [0.15, 0.2) is 16.3 Å². The van der Waals surface area contributed by atoms with Gasteiger partial charge in [0, 0.05) is 0 Å². The molecule has 5 rings (SSSR count). The van der Waals surface area contributed by atoms with Crippen LogP contribution in [0.1, 0.15) is 31.0 Å². The third-order valence-electron chi connectivity index (χ3n) is 5.75. The van der Waals surface area contributed by atoms with Gasteiger partial charge in [-0.05, 0) is 100 Å². The highest BCUT2D eigenvalue weighted by molar-refractivity contribution is 14.1. The summed E-state index contributed by atoms with van der Waals surface area (Å²) in [6.07, 6.45) is 1.84. The van der Waals surface area contributed by atoms with E-state index < -0.39 is 12.0 Å². The Morgan fingerprint density at radius 2 is 1.94 bits per heavy atom. The maximum Gasteiger partial charge on any atom is 0.338 e. The minimum atomic E-state index is -0.715. The summed E-state index contributed by atoms with van der Waals surface area (Å²) in [5, 5.41) is 0. The number of carbonyl (C=O) groups is 1. The van der Waals surface area contributed by atoms with Gasteiger partial charge < -0.3 is 18.9 Å². The topological polar surface area (TPSA) is 88.4 Å². The van der Waals surface area contributed by atoms with Crippen LogP contribution in [0.15, 0.2) is 51.4 Å². The molecule has 0 N–H and O–H groups in total. The molecule has 11 heteroatoms. The molecular formula is C25H20I2N2O6S. The first-order valence-electron chi connectivity index (χ1n) is 10.9. The Hall–Kier alpha value is -2.39. The zero-order valence-corrected chi connectivity index (χ0v) is 24.6. The minimum absolute atomic E-state index is 0.126. The Bertz CT molecular complexity index is 1580. The molecule has 2 aromatic carbocycles. The molecule has 2 aliphatic rings. The highest BCUT2D eigenvalue weighted by Crippen LogP contribution is 2.38. The quantitative estimate of drug-likeness (QED) is 0.294. The number of halogens is 2. The lowest BCUT2D eigenvalue weighted by Crippen LogP contribution is -2.39. The summed E-state index contributed by atoms with van der Waals surface area (Å²) in [6, 6.07) is 8.63. The van der Waals surface area contributed by atoms with Crippen LogP contribution in [0.3, 0.4) is 0 Å². The molecule has 0 aliphatic carbocycles. The summed E-state index contributed by atoms with van der Waals surface area (Å²) in [5.41, 5.74) is 2.17. The van der Waals surface area contributed by atoms with Crippen molar-refractivity contribution in [1.82, 2.24) is 4.57 Å². The second-order valence-corrected chi connectivity index (χ2v) is 11.3. The number of esters is 1. The fraction of sp³-hybridized carbons (Fsp3) is 0.240. The molecule has 0 spiro atoms. The van der Waals surface area contributed by atoms with E-state index in [1.165, 1.54) is 11.3 Å². The number of thiazole rings is 1. The van der Waals surface area contributed by atoms with E-state index in [2.05, 4.69) is 50.2 Å². The zero-order valence-electron chi connectivity index (χ0n) is 19.5. The number of hydrogen-bond acceptors (Lipinski definition) is 8. The molecule has 186 valence electrons. The summed E-state index contributed by atoms with van der Waals surface area (Å²) in [6.45, 7) is 3.84. The van der Waals surface area contributed by atoms with Crippen LogP contribution in [0.5, 0.6) is 17.2 Å². The lowest BCUT2D eigenvalue weighted by molar-refractivity contribution is -0.139. The van der Waals surface area contributed by atoms with E-state index >= 15 is 0 Å². The molecule has 0 amide bonds. The van der Waals surface area contributed by atoms with Crippen molar-refractivity contribution < 1.29 is 23.7 Å². The van der Waals surface area contributed by atoms with Gasteiger partial charge in [-0.25, -0.2) is 9.79 Å². The Kier molecular flexibility index (Phi) is 7.14. The number of allylic oxidation sites excluding steroid dienone is 1. The molecule has 0 saturated heterocycles. The molecule has 0 bridgehead atoms. The van der Waals surface area contributed by atoms with E-state index in [9.17, 15) is 9.59 Å². The van der Waals surface area contributed by atoms with E-state index in [1.807, 2.05) is 24.3 Å². The van der Waals surface area contributed by atoms with Crippen molar-refractivity contribution in [3.63, 3.8) is 0 Å². The first-order valence-corrected chi connectivity index (χ1v) is 13.9. The second-order valence-electron chi connectivity index (χ2n) is 7.93. The molecule has 1 aromatic heterocycles. The van der Waals surface area contributed by atoms with E-state index in [1.54, 1.807) is 37.7 Å². The van der Waals surface area contributed by atoms with E-state index in [0.717, 1.165) is 18.5 Å². The van der Waals surface area contributed by atoms with Crippen LogP contribution >= 0.6 is 56.5 Å². The van der Waals surface area contributed by atoms with Crippen molar-refractivity contribution in [1.29, 1.82) is 0 Å². The van der Waals surface area contributed by atoms with Gasteiger partial charge in [0.25, 0.3) is 5.56 Å². The van der Waals surface area contributed by atoms with Crippen LogP contribution in [0.2, 0.25) is 0 Å². The molecule has 0 unspecified atom stereocenters. The molecule has 2 aliphatic heterocycles. The number of ether oxygens (including phenoxy) is 4. The molecule has 36 heavy (non-hydrogen) atoms. The number of nitrogens with zero attached hydrogens (tertiary/aromatic N) is 2. The number of carbonyl (C=O) groups excluding carboxylic acids is 1. The van der Waals surface area contributed by atoms with Crippen LogP contribution in [-0.2, 0) is 9.53 Å². The first kappa shape index (κ1) is 25.3. The van der Waals surface area contributed by atoms with E-state index in [0.29, 0.717) is 37.7 Å². The summed E-state index contributed by atoms with van der Waals surface area (Å²) in [5.74, 6) is 1.48. The standard InChI is InChI=1S/C25H20I2N2O6S/c1-4-33-24(31)20-12(2)28-25-29(21(20)14-5-6-17-18(10-14)35-11-34-17)23(30)19(36-25)9-13-7-15(26)22(32-3)16(27)8-13/h5-10,21H,4,11H2,1-3H3/b19-9+/t21-/m0/s1. The van der Waals surface area contributed by atoms with E-state index in [-0.39, 0.29) is 19.0 Å². The molecular weight excluding hydrogens is 710 g/mol. The van der Waals surface area contributed by atoms with Gasteiger partial charge in [0.1, 0.15) is 5.75 Å². The van der Waals surface area contributed by atoms with Gasteiger partial charge >= 0.3 is 5.97 Å². The van der Waals surface area contributed by atoms with Crippen LogP contribution < -0.4 is 29.1 Å². The van der Waals surface area contributed by atoms with Gasteiger partial charge in [-0.15, -0.1) is 0 Å². The van der Waals surface area contributed by atoms with Crippen molar-refractivity contribution in [3.05, 3.63) is 79.6 Å². The van der Waals surface area contributed by atoms with Gasteiger partial charge in [-0.3, -0.25) is 9.36 Å². The minimum Gasteiger partial charge on any atom is -0.495 e. The molecule has 0 radical (unpaired) electrons. The average Bonchev–Trinajstić information content (AvgIpc) is 3.42. The Morgan fingerprint density at radius 3 is 2.64 bits per heavy atom. The number of benzene rings is 2. The van der Waals surface area contributed by atoms with Crippen molar-refractivity contribution in [2.45, 2.75) is 19.9 Å². The number of aromatic nitrogens is 1. The van der Waals surface area contributed by atoms with Crippen molar-refractivity contribution in [3.8, 4) is 17.2 Å². The van der Waals surface area contributed by atoms with Crippen LogP contribution in [0.25, 0.3) is 6.08 Å². The average molecular weight is 730 g/mol. The zero-order chi connectivity index (χ0) is 25.6. The number of hydrogen-bond donors (Lipinski definition) is 0. The first-order chi connectivity index (χ1) is 17.3. The molecule has 3 heterocycles. The number of methoxy groups -OCH3 is 1. The Morgan fingerprint density at radius 1 is 1.22 bits per heavy atom. The lowest BCUT2D eigenvalue weighted by Gasteiger charge is -2.24. The second kappa shape index (κ2) is 10.2. The van der Waals surface area contributed by atoms with Crippen molar-refractivity contribution in [2.75, 3.05) is 20.5 Å². The van der Waals surface area contributed by atoms with E-state index in [4.69, 9.17) is 18.9 Å². The van der Waals surface area contributed by atoms with Gasteiger partial charge in [0.2, 0.25) is 6.79 Å². The highest BCUT2D eigenvalue weighted by Gasteiger charge is 2.34. The smallest absolute Gasteiger partial charge is 0.338 e. The molecule has 3 aromatic rings. The monoisotopic (exact) mass is 730 g/mol. The Balaban J connectivity index is 1.71. The fourth-order valence-corrected chi connectivity index (χ4v) is 7.50. The fourth-order valence-electron chi connectivity index (χ4n) is 4.20. The van der Waals surface area contributed by atoms with Crippen molar-refractivity contribution >= 4 is 68.6 Å². The third kappa shape index (κ3) is 4.45. The lowest BCUT2D eigenvalue weighted by atomic mass is 9.95. The molecule has 1 atom stereocenters. The maximum absolute atomic E-state index is 13.8. The Labute approximate surface area is 237 Å².